The predicted octanol–water partition coefficient (Wildman–Crippen LogP) is 3.81. The molecule has 5 nitrogen and oxygen atoms in total. The van der Waals surface area contributed by atoms with E-state index in [1.54, 1.807) is 12.3 Å². The van der Waals surface area contributed by atoms with Crippen LogP contribution < -0.4 is 15.6 Å². The number of benzene rings is 2. The van der Waals surface area contributed by atoms with Crippen LogP contribution in [-0.2, 0) is 19.7 Å². The Morgan fingerprint density at radius 1 is 1.00 bits per heavy atom. The monoisotopic (exact) mass is 390 g/mol. The molecule has 150 valence electrons. The van der Waals surface area contributed by atoms with Gasteiger partial charge in [-0.2, -0.15) is 0 Å². The zero-order valence-electron chi connectivity index (χ0n) is 16.8. The Hall–Kier alpha value is -3.18. The summed E-state index contributed by atoms with van der Waals surface area (Å²) >= 11 is 0. The lowest BCUT2D eigenvalue weighted by Crippen LogP contribution is -2.23. The van der Waals surface area contributed by atoms with E-state index in [9.17, 15) is 9.59 Å². The number of carbonyl (C=O) groups is 1. The van der Waals surface area contributed by atoms with E-state index in [-0.39, 0.29) is 17.9 Å². The third-order valence-electron chi connectivity index (χ3n) is 4.52. The van der Waals surface area contributed by atoms with E-state index in [0.29, 0.717) is 24.0 Å². The molecule has 0 fully saturated rings. The number of nitrogens with zero attached hydrogens (tertiary/aromatic N) is 1. The number of Topliss-reactive ketones (excluding diaryl/α,β-unsaturated/α-hetero) is 1. The van der Waals surface area contributed by atoms with Crippen molar-refractivity contribution in [2.75, 3.05) is 0 Å². The normalized spacial score (nSPS) is 10.9. The zero-order chi connectivity index (χ0) is 20.6. The van der Waals surface area contributed by atoms with Crippen molar-refractivity contribution in [2.24, 2.45) is 0 Å². The maximum absolute atomic E-state index is 12.5. The molecule has 1 aromatic heterocycles. The fraction of sp³-hybridized carbons (Fsp3) is 0.250. The summed E-state index contributed by atoms with van der Waals surface area (Å²) in [6.07, 6.45) is 1.60. The molecule has 0 unspecified atom stereocenters. The van der Waals surface area contributed by atoms with Gasteiger partial charge >= 0.3 is 0 Å². The first-order valence-corrected chi connectivity index (χ1v) is 9.74. The van der Waals surface area contributed by atoms with Gasteiger partial charge in [0.2, 0.25) is 0 Å². The summed E-state index contributed by atoms with van der Waals surface area (Å²) in [5.74, 6) is 0.387. The molecule has 29 heavy (non-hydrogen) atoms. The molecule has 2 aromatic carbocycles. The van der Waals surface area contributed by atoms with Crippen molar-refractivity contribution in [2.45, 2.75) is 39.6 Å². The fourth-order valence-electron chi connectivity index (χ4n) is 2.83. The van der Waals surface area contributed by atoms with Crippen LogP contribution in [0.15, 0.2) is 77.7 Å². The number of nitrogens with one attached hydrogen (secondary N) is 1. The number of rotatable bonds is 9. The highest BCUT2D eigenvalue weighted by Crippen LogP contribution is 2.11. The van der Waals surface area contributed by atoms with Crippen molar-refractivity contribution in [1.29, 1.82) is 0 Å². The number of hydrogen-bond acceptors (Lipinski definition) is 4. The minimum atomic E-state index is -0.262. The number of ketones is 1. The third kappa shape index (κ3) is 6.16. The Bertz CT molecular complexity index is 993. The van der Waals surface area contributed by atoms with E-state index in [4.69, 9.17) is 4.74 Å². The summed E-state index contributed by atoms with van der Waals surface area (Å²) in [6.45, 7) is 5.33. The van der Waals surface area contributed by atoms with Crippen molar-refractivity contribution >= 4 is 5.78 Å². The van der Waals surface area contributed by atoms with Crippen LogP contribution in [0.5, 0.6) is 5.75 Å². The molecule has 0 bridgehead atoms. The molecule has 3 aromatic rings. The van der Waals surface area contributed by atoms with Crippen molar-refractivity contribution in [3.63, 3.8) is 0 Å². The van der Waals surface area contributed by atoms with E-state index < -0.39 is 0 Å². The van der Waals surface area contributed by atoms with Crippen LogP contribution in [0, 0.1) is 0 Å². The molecule has 5 heteroatoms. The highest BCUT2D eigenvalue weighted by atomic mass is 16.5. The molecule has 0 amide bonds. The second-order valence-electron chi connectivity index (χ2n) is 7.26. The number of pyridine rings is 1. The van der Waals surface area contributed by atoms with Gasteiger partial charge in [-0.1, -0.05) is 68.4 Å². The highest BCUT2D eigenvalue weighted by Gasteiger charge is 2.09. The van der Waals surface area contributed by atoms with Crippen molar-refractivity contribution in [3.8, 4) is 5.75 Å². The first-order valence-electron chi connectivity index (χ1n) is 9.74. The standard InChI is InChI=1S/C24H26N2O3/c1-18(2)25-15-19-8-10-21(11-9-19)23(27)16-26-13-12-22(14-24(26)28)29-17-20-6-4-3-5-7-20/h3-14,18,25H,15-17H2,1-2H3. The fourth-order valence-corrected chi connectivity index (χ4v) is 2.83. The molecule has 0 aliphatic heterocycles. The Kier molecular flexibility index (Phi) is 6.98. The van der Waals surface area contributed by atoms with Crippen LogP contribution in [0.1, 0.15) is 35.3 Å². The van der Waals surface area contributed by atoms with Gasteiger partial charge in [-0.3, -0.25) is 9.59 Å². The summed E-state index contributed by atoms with van der Waals surface area (Å²) in [7, 11) is 0. The van der Waals surface area contributed by atoms with Crippen molar-refractivity contribution < 1.29 is 9.53 Å². The van der Waals surface area contributed by atoms with Crippen LogP contribution in [0.25, 0.3) is 0 Å². The predicted molar refractivity (Wildman–Crippen MR) is 114 cm³/mol. The first-order chi connectivity index (χ1) is 14.0. The maximum atomic E-state index is 12.5. The van der Waals surface area contributed by atoms with Crippen LogP contribution in [0.4, 0.5) is 0 Å². The Balaban J connectivity index is 1.59. The quantitative estimate of drug-likeness (QED) is 0.565. The average molecular weight is 390 g/mol. The summed E-state index contributed by atoms with van der Waals surface area (Å²) in [5.41, 5.74) is 2.47. The largest absolute Gasteiger partial charge is 0.489 e. The molecule has 1 heterocycles. The lowest BCUT2D eigenvalue weighted by atomic mass is 10.1. The topological polar surface area (TPSA) is 60.3 Å². The Morgan fingerprint density at radius 3 is 2.38 bits per heavy atom. The van der Waals surface area contributed by atoms with Gasteiger partial charge in [0.1, 0.15) is 12.4 Å². The van der Waals surface area contributed by atoms with Gasteiger partial charge in [0, 0.05) is 30.4 Å². The highest BCUT2D eigenvalue weighted by molar-refractivity contribution is 5.95. The molecular weight excluding hydrogens is 364 g/mol. The third-order valence-corrected chi connectivity index (χ3v) is 4.52. The maximum Gasteiger partial charge on any atom is 0.254 e. The van der Waals surface area contributed by atoms with Gasteiger partial charge in [-0.05, 0) is 17.2 Å². The van der Waals surface area contributed by atoms with Gasteiger partial charge in [0.25, 0.3) is 5.56 Å². The molecule has 0 aliphatic rings. The zero-order valence-corrected chi connectivity index (χ0v) is 16.8. The second-order valence-corrected chi connectivity index (χ2v) is 7.26. The lowest BCUT2D eigenvalue weighted by Gasteiger charge is -2.10. The molecule has 0 saturated heterocycles. The molecule has 0 saturated carbocycles. The molecule has 0 spiro atoms. The summed E-state index contributed by atoms with van der Waals surface area (Å²) in [5, 5.41) is 3.34. The van der Waals surface area contributed by atoms with Crippen LogP contribution in [-0.4, -0.2) is 16.4 Å². The van der Waals surface area contributed by atoms with E-state index in [1.165, 1.54) is 10.6 Å². The van der Waals surface area contributed by atoms with Crippen LogP contribution in [0.2, 0.25) is 0 Å². The minimum Gasteiger partial charge on any atom is -0.489 e. The van der Waals surface area contributed by atoms with Gasteiger partial charge in [-0.25, -0.2) is 0 Å². The van der Waals surface area contributed by atoms with Gasteiger partial charge in [-0.15, -0.1) is 0 Å². The smallest absolute Gasteiger partial charge is 0.254 e. The first kappa shape index (κ1) is 20.6. The second kappa shape index (κ2) is 9.85. The Labute approximate surface area is 171 Å². The number of aromatic nitrogens is 1. The van der Waals surface area contributed by atoms with Gasteiger partial charge < -0.3 is 14.6 Å². The summed E-state index contributed by atoms with van der Waals surface area (Å²) in [4.78, 5) is 24.9. The summed E-state index contributed by atoms with van der Waals surface area (Å²) in [6, 6.07) is 20.8. The SMILES string of the molecule is CC(C)NCc1ccc(C(=O)Cn2ccc(OCc3ccccc3)cc2=O)cc1. The molecule has 0 aliphatic carbocycles. The molecular formula is C24H26N2O3. The van der Waals surface area contributed by atoms with Crippen LogP contribution in [0.3, 0.4) is 0 Å². The van der Waals surface area contributed by atoms with Gasteiger partial charge in [0.05, 0.1) is 6.54 Å². The van der Waals surface area contributed by atoms with Crippen LogP contribution >= 0.6 is 0 Å². The molecule has 0 atom stereocenters. The number of ether oxygens (including phenoxy) is 1. The van der Waals surface area contributed by atoms with E-state index >= 15 is 0 Å². The van der Waals surface area contributed by atoms with Crippen molar-refractivity contribution in [1.82, 2.24) is 9.88 Å². The Morgan fingerprint density at radius 2 is 1.72 bits per heavy atom. The van der Waals surface area contributed by atoms with E-state index in [0.717, 1.165) is 17.7 Å². The van der Waals surface area contributed by atoms with Gasteiger partial charge in [0.15, 0.2) is 5.78 Å². The average Bonchev–Trinajstić information content (AvgIpc) is 2.73. The van der Waals surface area contributed by atoms with E-state index in [1.807, 2.05) is 54.6 Å². The van der Waals surface area contributed by atoms with E-state index in [2.05, 4.69) is 19.2 Å². The lowest BCUT2D eigenvalue weighted by molar-refractivity contribution is 0.0970. The molecule has 1 N–H and O–H groups in total. The molecule has 0 radical (unpaired) electrons. The summed E-state index contributed by atoms with van der Waals surface area (Å²) < 4.78 is 7.06. The number of carbonyl (C=O) groups excluding carboxylic acids is 1. The van der Waals surface area contributed by atoms with Crippen molar-refractivity contribution in [3.05, 3.63) is 100.0 Å². The minimum absolute atomic E-state index is 0.00138. The number of hydrogen-bond donors (Lipinski definition) is 1. The molecule has 3 rings (SSSR count).